The van der Waals surface area contributed by atoms with E-state index in [4.69, 9.17) is 15.2 Å². The highest BCUT2D eigenvalue weighted by Gasteiger charge is 2.29. The van der Waals surface area contributed by atoms with Crippen LogP contribution in [0.5, 0.6) is 0 Å². The quantitative estimate of drug-likeness (QED) is 0.283. The van der Waals surface area contributed by atoms with E-state index in [2.05, 4.69) is 10.1 Å². The molecule has 0 bridgehead atoms. The van der Waals surface area contributed by atoms with Crippen molar-refractivity contribution in [2.24, 2.45) is 0 Å². The molecule has 29 heavy (non-hydrogen) atoms. The number of nitro groups is 1. The predicted molar refractivity (Wildman–Crippen MR) is 104 cm³/mol. The van der Waals surface area contributed by atoms with Crippen LogP contribution in [0.3, 0.4) is 0 Å². The van der Waals surface area contributed by atoms with Crippen LogP contribution in [0.1, 0.15) is 20.8 Å². The number of esters is 2. The number of nitrogen functional groups attached to an aromatic ring is 1. The Kier molecular flexibility index (Phi) is 5.37. The molecule has 0 radical (unpaired) electrons. The van der Waals surface area contributed by atoms with E-state index in [1.165, 1.54) is 40.7 Å². The molecule has 11 nitrogen and oxygen atoms in total. The molecule has 3 rings (SSSR count). The Morgan fingerprint density at radius 2 is 1.79 bits per heavy atom. The number of methoxy groups -OCH3 is 2. The molecule has 1 aromatic carbocycles. The topological polar surface area (TPSA) is 152 Å². The number of carbonyl (C=O) groups is 2. The van der Waals surface area contributed by atoms with Crippen molar-refractivity contribution in [3.63, 3.8) is 0 Å². The summed E-state index contributed by atoms with van der Waals surface area (Å²) in [6, 6.07) is 5.60. The number of nitro benzene ring substituents is 1. The van der Waals surface area contributed by atoms with E-state index in [1.54, 1.807) is 6.26 Å². The van der Waals surface area contributed by atoms with E-state index < -0.39 is 16.9 Å². The highest BCUT2D eigenvalue weighted by molar-refractivity contribution is 7.98. The lowest BCUT2D eigenvalue weighted by Gasteiger charge is -2.11. The summed E-state index contributed by atoms with van der Waals surface area (Å²) in [4.78, 5) is 39.1. The summed E-state index contributed by atoms with van der Waals surface area (Å²) >= 11 is 1.26. The Bertz CT molecular complexity index is 1140. The Labute approximate surface area is 167 Å². The molecule has 0 amide bonds. The van der Waals surface area contributed by atoms with E-state index in [9.17, 15) is 19.7 Å². The molecule has 0 atom stereocenters. The van der Waals surface area contributed by atoms with Crippen molar-refractivity contribution in [3.05, 3.63) is 45.6 Å². The molecular formula is C17H15N5O6S. The van der Waals surface area contributed by atoms with E-state index in [1.807, 2.05) is 0 Å². The number of benzene rings is 1. The van der Waals surface area contributed by atoms with Crippen molar-refractivity contribution in [2.75, 3.05) is 26.2 Å². The second kappa shape index (κ2) is 7.75. The molecule has 12 heteroatoms. The van der Waals surface area contributed by atoms with Crippen LogP contribution in [-0.4, -0.2) is 52.1 Å². The van der Waals surface area contributed by atoms with Crippen LogP contribution in [0.2, 0.25) is 0 Å². The number of nitrogens with two attached hydrogens (primary N) is 1. The smallest absolute Gasteiger partial charge is 0.357 e. The molecule has 3 aromatic rings. The fourth-order valence-electron chi connectivity index (χ4n) is 2.73. The zero-order chi connectivity index (χ0) is 21.3. The fraction of sp³-hybridized carbons (Fsp3) is 0.176. The zero-order valence-electron chi connectivity index (χ0n) is 15.5. The van der Waals surface area contributed by atoms with E-state index in [0.717, 1.165) is 14.2 Å². The van der Waals surface area contributed by atoms with Crippen LogP contribution in [0, 0.1) is 10.1 Å². The second-order valence-electron chi connectivity index (χ2n) is 5.63. The Hall–Kier alpha value is -3.67. The number of fused-ring (bicyclic) bond motifs is 1. The van der Waals surface area contributed by atoms with Gasteiger partial charge in [0.05, 0.1) is 35.9 Å². The summed E-state index contributed by atoms with van der Waals surface area (Å²) in [6.45, 7) is 0. The van der Waals surface area contributed by atoms with Crippen molar-refractivity contribution >= 4 is 46.1 Å². The third-order valence-corrected chi connectivity index (χ3v) is 4.76. The number of pyridine rings is 1. The maximum Gasteiger partial charge on any atom is 0.357 e. The Morgan fingerprint density at radius 3 is 2.31 bits per heavy atom. The molecule has 0 spiro atoms. The van der Waals surface area contributed by atoms with Gasteiger partial charge in [-0.25, -0.2) is 19.3 Å². The van der Waals surface area contributed by atoms with Crippen LogP contribution in [0.15, 0.2) is 29.3 Å². The molecule has 0 aliphatic rings. The number of non-ortho nitro benzene ring substituents is 1. The van der Waals surface area contributed by atoms with E-state index >= 15 is 0 Å². The van der Waals surface area contributed by atoms with Crippen molar-refractivity contribution < 1.29 is 24.0 Å². The summed E-state index contributed by atoms with van der Waals surface area (Å²) in [5.41, 5.74) is 6.20. The van der Waals surface area contributed by atoms with Crippen LogP contribution in [-0.2, 0) is 9.47 Å². The lowest BCUT2D eigenvalue weighted by molar-refractivity contribution is -0.384. The van der Waals surface area contributed by atoms with Gasteiger partial charge in [0.1, 0.15) is 10.6 Å². The molecule has 0 saturated heterocycles. The van der Waals surface area contributed by atoms with Crippen LogP contribution in [0.4, 0.5) is 11.4 Å². The van der Waals surface area contributed by atoms with E-state index in [0.29, 0.717) is 16.1 Å². The highest BCUT2D eigenvalue weighted by Crippen LogP contribution is 2.35. The largest absolute Gasteiger partial charge is 0.465 e. The molecule has 0 aliphatic carbocycles. The normalized spacial score (nSPS) is 10.7. The molecule has 150 valence electrons. The van der Waals surface area contributed by atoms with Crippen molar-refractivity contribution in [3.8, 4) is 5.69 Å². The lowest BCUT2D eigenvalue weighted by atomic mass is 10.1. The van der Waals surface area contributed by atoms with Crippen LogP contribution < -0.4 is 5.73 Å². The minimum atomic E-state index is -0.874. The average molecular weight is 417 g/mol. The molecule has 2 aromatic heterocycles. The number of aromatic nitrogens is 3. The molecular weight excluding hydrogens is 402 g/mol. The number of nitrogens with zero attached hydrogens (tertiary/aromatic N) is 4. The van der Waals surface area contributed by atoms with Gasteiger partial charge in [0.15, 0.2) is 11.3 Å². The van der Waals surface area contributed by atoms with Gasteiger partial charge in [-0.3, -0.25) is 10.1 Å². The monoisotopic (exact) mass is 417 g/mol. The van der Waals surface area contributed by atoms with Gasteiger partial charge >= 0.3 is 11.9 Å². The number of hydrogen-bond acceptors (Lipinski definition) is 10. The number of hydrogen-bond donors (Lipinski definition) is 1. The van der Waals surface area contributed by atoms with Crippen molar-refractivity contribution in [1.29, 1.82) is 0 Å². The van der Waals surface area contributed by atoms with E-state index in [-0.39, 0.29) is 28.3 Å². The standard InChI is InChI=1S/C17H15N5O6S/c1-27-16(23)10-12(18)11-14(19-13(10)17(24)28-2)21(20-15(11)29-3)8-4-6-9(7-5-8)22(25)26/h4-7H,1-3H3,(H2,18,19). The minimum absolute atomic E-state index is 0.0280. The Morgan fingerprint density at radius 1 is 1.17 bits per heavy atom. The third-order valence-electron chi connectivity index (χ3n) is 4.09. The van der Waals surface area contributed by atoms with Gasteiger partial charge in [0.25, 0.3) is 5.69 Å². The fourth-order valence-corrected chi connectivity index (χ4v) is 3.30. The number of thioether (sulfide) groups is 1. The molecule has 2 N–H and O–H groups in total. The first kappa shape index (κ1) is 20.1. The summed E-state index contributed by atoms with van der Waals surface area (Å²) in [7, 11) is 2.30. The lowest BCUT2D eigenvalue weighted by Crippen LogP contribution is -2.17. The SMILES string of the molecule is COC(=O)c1nc2c(c(SC)nn2-c2ccc([N+](=O)[O-])cc2)c(N)c1C(=O)OC. The predicted octanol–water partition coefficient (Wildman–Crippen LogP) is 2.21. The van der Waals surface area contributed by atoms with Crippen LogP contribution in [0.25, 0.3) is 16.7 Å². The summed E-state index contributed by atoms with van der Waals surface area (Å²) in [5, 5.41) is 16.1. The Balaban J connectivity index is 2.36. The van der Waals surface area contributed by atoms with Crippen LogP contribution >= 0.6 is 11.8 Å². The number of anilines is 1. The molecule has 2 heterocycles. The van der Waals surface area contributed by atoms with Gasteiger partial charge in [0, 0.05) is 12.1 Å². The second-order valence-corrected chi connectivity index (χ2v) is 6.42. The number of carbonyl (C=O) groups excluding carboxylic acids is 2. The van der Waals surface area contributed by atoms with Crippen molar-refractivity contribution in [2.45, 2.75) is 5.03 Å². The summed E-state index contributed by atoms with van der Waals surface area (Å²) in [6.07, 6.45) is 1.76. The number of ether oxygens (including phenoxy) is 2. The average Bonchev–Trinajstić information content (AvgIpc) is 3.11. The summed E-state index contributed by atoms with van der Waals surface area (Å²) in [5.74, 6) is -1.71. The van der Waals surface area contributed by atoms with Gasteiger partial charge in [-0.2, -0.15) is 5.10 Å². The van der Waals surface area contributed by atoms with Gasteiger partial charge < -0.3 is 15.2 Å². The van der Waals surface area contributed by atoms with Gasteiger partial charge in [-0.05, 0) is 18.4 Å². The minimum Gasteiger partial charge on any atom is -0.465 e. The first-order valence-electron chi connectivity index (χ1n) is 8.01. The molecule has 0 unspecified atom stereocenters. The van der Waals surface area contributed by atoms with Gasteiger partial charge in [0.2, 0.25) is 0 Å². The first-order chi connectivity index (χ1) is 13.8. The highest BCUT2D eigenvalue weighted by atomic mass is 32.2. The summed E-state index contributed by atoms with van der Waals surface area (Å²) < 4.78 is 10.8. The first-order valence-corrected chi connectivity index (χ1v) is 9.24. The van der Waals surface area contributed by atoms with Gasteiger partial charge in [-0.15, -0.1) is 11.8 Å². The third kappa shape index (κ3) is 3.33. The maximum atomic E-state index is 12.2. The molecule has 0 saturated carbocycles. The van der Waals surface area contributed by atoms with Crippen molar-refractivity contribution in [1.82, 2.24) is 14.8 Å². The maximum absolute atomic E-state index is 12.2. The molecule has 0 fully saturated rings. The molecule has 0 aliphatic heterocycles. The van der Waals surface area contributed by atoms with Gasteiger partial charge in [-0.1, -0.05) is 0 Å². The zero-order valence-corrected chi connectivity index (χ0v) is 16.3. The number of rotatable bonds is 5.